The average Bonchev–Trinajstić information content (AvgIpc) is 2.92. The number of hydrogen-bond acceptors (Lipinski definition) is 4. The highest BCUT2D eigenvalue weighted by Crippen LogP contribution is 2.18. The number of aryl methyl sites for hydroxylation is 1. The summed E-state index contributed by atoms with van der Waals surface area (Å²) in [5, 5.41) is 2.17. The Morgan fingerprint density at radius 1 is 1.24 bits per heavy atom. The van der Waals surface area contributed by atoms with Crippen molar-refractivity contribution in [2.45, 2.75) is 12.0 Å². The number of nitrogens with one attached hydrogen (secondary N) is 2. The lowest BCUT2D eigenvalue weighted by molar-refractivity contribution is 0.0991. The van der Waals surface area contributed by atoms with Gasteiger partial charge in [-0.15, -0.1) is 0 Å². The summed E-state index contributed by atoms with van der Waals surface area (Å²) in [6.07, 6.45) is 0. The maximum Gasteiger partial charge on any atom is 0.291 e. The van der Waals surface area contributed by atoms with Crippen LogP contribution in [0.4, 0.5) is 10.1 Å². The minimum Gasteiger partial charge on any atom is -0.438 e. The van der Waals surface area contributed by atoms with Gasteiger partial charge in [0, 0.05) is 5.69 Å². The van der Waals surface area contributed by atoms with Crippen LogP contribution >= 0.6 is 0 Å². The summed E-state index contributed by atoms with van der Waals surface area (Å²) in [5.41, 5.74) is 0.953. The molecule has 2 aromatic rings. The van der Waals surface area contributed by atoms with Gasteiger partial charge in [-0.05, 0) is 49.9 Å². The first-order chi connectivity index (χ1) is 9.83. The molecular formula is C13H13FN2O4S. The molecule has 2 rings (SSSR count). The Balaban J connectivity index is 2.22. The molecule has 21 heavy (non-hydrogen) atoms. The van der Waals surface area contributed by atoms with Crippen molar-refractivity contribution in [3.05, 3.63) is 47.5 Å². The lowest BCUT2D eigenvalue weighted by Crippen LogP contribution is -2.18. The van der Waals surface area contributed by atoms with Crippen LogP contribution < -0.4 is 10.0 Å². The number of carbonyl (C=O) groups is 1. The van der Waals surface area contributed by atoms with Gasteiger partial charge in [-0.2, -0.15) is 0 Å². The highest BCUT2D eigenvalue weighted by Gasteiger charge is 2.19. The average molecular weight is 312 g/mol. The zero-order valence-electron chi connectivity index (χ0n) is 11.3. The maximum absolute atomic E-state index is 13.0. The molecule has 6 nitrogen and oxygen atoms in total. The van der Waals surface area contributed by atoms with Crippen LogP contribution in [0.25, 0.3) is 0 Å². The number of benzene rings is 1. The van der Waals surface area contributed by atoms with Gasteiger partial charge in [0.2, 0.25) is 5.09 Å². The normalized spacial score (nSPS) is 11.4. The summed E-state index contributed by atoms with van der Waals surface area (Å²) in [5.74, 6) is -1.19. The summed E-state index contributed by atoms with van der Waals surface area (Å²) >= 11 is 0. The third-order valence-corrected chi connectivity index (χ3v) is 4.06. The van der Waals surface area contributed by atoms with Crippen molar-refractivity contribution >= 4 is 21.6 Å². The predicted molar refractivity (Wildman–Crippen MR) is 74.0 cm³/mol. The molecule has 112 valence electrons. The summed E-state index contributed by atoms with van der Waals surface area (Å²) in [4.78, 5) is 12.0. The third-order valence-electron chi connectivity index (χ3n) is 2.78. The van der Waals surface area contributed by atoms with Crippen LogP contribution in [0.15, 0.2) is 39.8 Å². The summed E-state index contributed by atoms with van der Waals surface area (Å²) < 4.78 is 43.1. The molecule has 1 amide bonds. The molecule has 0 atom stereocenters. The van der Waals surface area contributed by atoms with Crippen molar-refractivity contribution in [1.82, 2.24) is 4.72 Å². The van der Waals surface area contributed by atoms with Crippen molar-refractivity contribution in [3.63, 3.8) is 0 Å². The van der Waals surface area contributed by atoms with Gasteiger partial charge in [-0.3, -0.25) is 4.79 Å². The highest BCUT2D eigenvalue weighted by atomic mass is 32.2. The Bertz CT molecular complexity index is 783. The molecule has 0 saturated carbocycles. The molecule has 0 aliphatic carbocycles. The van der Waals surface area contributed by atoms with Crippen molar-refractivity contribution in [2.24, 2.45) is 0 Å². The van der Waals surface area contributed by atoms with Crippen LogP contribution in [0, 0.1) is 12.7 Å². The highest BCUT2D eigenvalue weighted by molar-refractivity contribution is 7.89. The van der Waals surface area contributed by atoms with Gasteiger partial charge in [-0.1, -0.05) is 0 Å². The van der Waals surface area contributed by atoms with Gasteiger partial charge in [0.1, 0.15) is 5.82 Å². The van der Waals surface area contributed by atoms with E-state index < -0.39 is 21.7 Å². The first-order valence-corrected chi connectivity index (χ1v) is 7.42. The minimum absolute atomic E-state index is 0.160. The molecule has 0 unspecified atom stereocenters. The van der Waals surface area contributed by atoms with E-state index in [1.807, 2.05) is 0 Å². The van der Waals surface area contributed by atoms with Crippen LogP contribution in [-0.2, 0) is 10.0 Å². The number of carbonyl (C=O) groups excluding carboxylic acids is 1. The van der Waals surface area contributed by atoms with Crippen LogP contribution in [0.3, 0.4) is 0 Å². The Morgan fingerprint density at radius 3 is 2.57 bits per heavy atom. The number of halogens is 1. The zero-order chi connectivity index (χ0) is 15.6. The number of amides is 1. The van der Waals surface area contributed by atoms with Gasteiger partial charge in [0.15, 0.2) is 5.76 Å². The fourth-order valence-corrected chi connectivity index (χ4v) is 2.29. The van der Waals surface area contributed by atoms with E-state index in [9.17, 15) is 17.6 Å². The second-order valence-corrected chi connectivity index (χ2v) is 6.06. The van der Waals surface area contributed by atoms with Crippen LogP contribution in [0.5, 0.6) is 0 Å². The van der Waals surface area contributed by atoms with E-state index in [2.05, 4.69) is 10.0 Å². The molecule has 0 radical (unpaired) electrons. The van der Waals surface area contributed by atoms with Gasteiger partial charge >= 0.3 is 0 Å². The first kappa shape index (κ1) is 15.2. The molecule has 0 aliphatic heterocycles. The molecule has 0 saturated heterocycles. The molecule has 0 spiro atoms. The number of hydrogen-bond donors (Lipinski definition) is 2. The molecular weight excluding hydrogens is 299 g/mol. The predicted octanol–water partition coefficient (Wildman–Crippen LogP) is 1.89. The number of anilines is 1. The standard InChI is InChI=1S/C13H13FN2O4S/c1-8-7-9(14)3-4-10(8)16-13(17)11-5-6-12(20-11)21(18,19)15-2/h3-7,15H,1-2H3,(H,16,17). The molecule has 0 fully saturated rings. The fourth-order valence-electron chi connectivity index (χ4n) is 1.64. The van der Waals surface area contributed by atoms with Gasteiger partial charge in [0.25, 0.3) is 15.9 Å². The van der Waals surface area contributed by atoms with Crippen LogP contribution in [-0.4, -0.2) is 21.4 Å². The van der Waals surface area contributed by atoms with E-state index in [0.29, 0.717) is 11.3 Å². The smallest absolute Gasteiger partial charge is 0.291 e. The van der Waals surface area contributed by atoms with Crippen LogP contribution in [0.1, 0.15) is 16.1 Å². The monoisotopic (exact) mass is 312 g/mol. The number of sulfonamides is 1. The van der Waals surface area contributed by atoms with Gasteiger partial charge in [-0.25, -0.2) is 17.5 Å². The van der Waals surface area contributed by atoms with Crippen molar-refractivity contribution in [3.8, 4) is 0 Å². The molecule has 0 aliphatic rings. The van der Waals surface area contributed by atoms with E-state index in [1.165, 1.54) is 37.4 Å². The largest absolute Gasteiger partial charge is 0.438 e. The van der Waals surface area contributed by atoms with E-state index in [0.717, 1.165) is 0 Å². The summed E-state index contributed by atoms with van der Waals surface area (Å²) in [6, 6.07) is 6.32. The van der Waals surface area contributed by atoms with E-state index in [-0.39, 0.29) is 10.9 Å². The number of furan rings is 1. The van der Waals surface area contributed by atoms with Crippen molar-refractivity contribution in [1.29, 1.82) is 0 Å². The SMILES string of the molecule is CNS(=O)(=O)c1ccc(C(=O)Nc2ccc(F)cc2C)o1. The van der Waals surface area contributed by atoms with E-state index in [1.54, 1.807) is 6.92 Å². The van der Waals surface area contributed by atoms with E-state index >= 15 is 0 Å². The molecule has 0 bridgehead atoms. The Morgan fingerprint density at radius 2 is 1.95 bits per heavy atom. The van der Waals surface area contributed by atoms with E-state index in [4.69, 9.17) is 4.42 Å². The lowest BCUT2D eigenvalue weighted by Gasteiger charge is -2.06. The molecule has 8 heteroatoms. The topological polar surface area (TPSA) is 88.4 Å². The van der Waals surface area contributed by atoms with Crippen LogP contribution in [0.2, 0.25) is 0 Å². The number of rotatable bonds is 4. The molecule has 1 heterocycles. The Labute approximate surface area is 121 Å². The molecule has 2 N–H and O–H groups in total. The van der Waals surface area contributed by atoms with Gasteiger partial charge < -0.3 is 9.73 Å². The summed E-state index contributed by atoms with van der Waals surface area (Å²) in [7, 11) is -2.51. The van der Waals surface area contributed by atoms with Gasteiger partial charge in [0.05, 0.1) is 0 Å². The fraction of sp³-hybridized carbons (Fsp3) is 0.154. The minimum atomic E-state index is -3.74. The zero-order valence-corrected chi connectivity index (χ0v) is 12.1. The summed E-state index contributed by atoms with van der Waals surface area (Å²) in [6.45, 7) is 1.64. The lowest BCUT2D eigenvalue weighted by atomic mass is 10.2. The maximum atomic E-state index is 13.0. The molecule has 1 aromatic heterocycles. The third kappa shape index (κ3) is 3.29. The second-order valence-electron chi connectivity index (χ2n) is 4.24. The quantitative estimate of drug-likeness (QED) is 0.902. The Hall–Kier alpha value is -2.19. The Kier molecular flexibility index (Phi) is 4.10. The van der Waals surface area contributed by atoms with Crippen molar-refractivity contribution in [2.75, 3.05) is 12.4 Å². The van der Waals surface area contributed by atoms with Crippen molar-refractivity contribution < 1.29 is 22.0 Å². The first-order valence-electron chi connectivity index (χ1n) is 5.94. The second kappa shape index (κ2) is 5.66. The molecule has 1 aromatic carbocycles.